The number of hydrogen-bond donors (Lipinski definition) is 0. The first kappa shape index (κ1) is 15.8. The third kappa shape index (κ3) is 2.79. The van der Waals surface area contributed by atoms with E-state index in [4.69, 9.17) is 0 Å². The summed E-state index contributed by atoms with van der Waals surface area (Å²) in [5, 5.41) is 4.09. The van der Waals surface area contributed by atoms with Gasteiger partial charge in [-0.25, -0.2) is 4.98 Å². The van der Waals surface area contributed by atoms with Crippen molar-refractivity contribution in [3.05, 3.63) is 42.0 Å². The van der Waals surface area contributed by atoms with E-state index in [0.717, 1.165) is 12.1 Å². The average molecular weight is 339 g/mol. The van der Waals surface area contributed by atoms with Crippen molar-refractivity contribution in [1.29, 1.82) is 0 Å². The molecule has 2 aliphatic heterocycles. The zero-order valence-electron chi connectivity index (χ0n) is 14.5. The van der Waals surface area contributed by atoms with E-state index in [1.807, 2.05) is 36.1 Å². The molecule has 2 amide bonds. The molecule has 0 N–H and O–H groups in total. The summed E-state index contributed by atoms with van der Waals surface area (Å²) >= 11 is 0. The van der Waals surface area contributed by atoms with Gasteiger partial charge in [-0.3, -0.25) is 14.3 Å². The van der Waals surface area contributed by atoms with Crippen molar-refractivity contribution in [2.24, 2.45) is 12.5 Å². The van der Waals surface area contributed by atoms with E-state index in [-0.39, 0.29) is 23.1 Å². The quantitative estimate of drug-likeness (QED) is 0.829. The molecule has 2 aromatic rings. The summed E-state index contributed by atoms with van der Waals surface area (Å²) in [6.45, 7) is 3.92. The number of carbonyl (C=O) groups is 2. The number of carbonyl (C=O) groups excluding carboxylic acids is 2. The molecule has 1 atom stereocenters. The Bertz CT molecular complexity index is 828. The van der Waals surface area contributed by atoms with Crippen LogP contribution in [-0.4, -0.2) is 51.1 Å². The molecule has 2 fully saturated rings. The van der Waals surface area contributed by atoms with Crippen LogP contribution < -0.4 is 4.90 Å². The molecular weight excluding hydrogens is 318 g/mol. The molecule has 130 valence electrons. The second-order valence-electron chi connectivity index (χ2n) is 7.21. The van der Waals surface area contributed by atoms with E-state index in [0.29, 0.717) is 26.1 Å². The Labute approximate surface area is 146 Å². The number of benzene rings is 1. The van der Waals surface area contributed by atoms with E-state index in [9.17, 15) is 9.59 Å². The number of likely N-dealkylation sites (tertiary alicyclic amines) is 1. The Morgan fingerprint density at radius 3 is 2.64 bits per heavy atom. The van der Waals surface area contributed by atoms with E-state index in [1.165, 1.54) is 16.6 Å². The maximum Gasteiger partial charge on any atom is 0.293 e. The van der Waals surface area contributed by atoms with Crippen molar-refractivity contribution in [1.82, 2.24) is 19.7 Å². The number of hydrogen-bond acceptors (Lipinski definition) is 4. The number of aromatic nitrogens is 3. The van der Waals surface area contributed by atoms with Crippen molar-refractivity contribution in [3.8, 4) is 0 Å². The van der Waals surface area contributed by atoms with Gasteiger partial charge in [0.05, 0.1) is 0 Å². The largest absolute Gasteiger partial charge is 0.335 e. The molecule has 0 aliphatic carbocycles. The van der Waals surface area contributed by atoms with Gasteiger partial charge < -0.3 is 9.80 Å². The second kappa shape index (κ2) is 5.68. The van der Waals surface area contributed by atoms with Crippen molar-refractivity contribution < 1.29 is 9.59 Å². The van der Waals surface area contributed by atoms with E-state index < -0.39 is 0 Å². The number of anilines is 1. The van der Waals surface area contributed by atoms with Gasteiger partial charge in [0.1, 0.15) is 6.33 Å². The van der Waals surface area contributed by atoms with Gasteiger partial charge in [-0.15, -0.1) is 5.10 Å². The van der Waals surface area contributed by atoms with Crippen LogP contribution in [0.2, 0.25) is 0 Å². The first-order chi connectivity index (χ1) is 12.0. The number of rotatable bonds is 2. The molecule has 7 nitrogen and oxygen atoms in total. The number of aryl methyl sites for hydroxylation is 2. The first-order valence-corrected chi connectivity index (χ1v) is 8.48. The number of amides is 2. The third-order valence-corrected chi connectivity index (χ3v) is 5.18. The summed E-state index contributed by atoms with van der Waals surface area (Å²) in [7, 11) is 1.74. The lowest BCUT2D eigenvalue weighted by molar-refractivity contribution is -0.117. The van der Waals surface area contributed by atoms with E-state index in [1.54, 1.807) is 11.9 Å². The van der Waals surface area contributed by atoms with Crippen LogP contribution in [0, 0.1) is 12.3 Å². The molecule has 1 unspecified atom stereocenters. The summed E-state index contributed by atoms with van der Waals surface area (Å²) in [5.74, 6) is 0.201. The minimum Gasteiger partial charge on any atom is -0.335 e. The van der Waals surface area contributed by atoms with Crippen LogP contribution in [0.25, 0.3) is 0 Å². The summed E-state index contributed by atoms with van der Waals surface area (Å²) in [6, 6.07) is 8.01. The monoisotopic (exact) mass is 339 g/mol. The zero-order chi connectivity index (χ0) is 17.6. The van der Waals surface area contributed by atoms with Crippen LogP contribution in [-0.2, 0) is 11.8 Å². The molecule has 1 aromatic heterocycles. The van der Waals surface area contributed by atoms with Gasteiger partial charge in [0.15, 0.2) is 0 Å². The second-order valence-corrected chi connectivity index (χ2v) is 7.21. The summed E-state index contributed by atoms with van der Waals surface area (Å²) in [4.78, 5) is 32.8. The third-order valence-electron chi connectivity index (χ3n) is 5.18. The van der Waals surface area contributed by atoms with Crippen LogP contribution in [0.3, 0.4) is 0 Å². The average Bonchev–Trinajstić information content (AvgIpc) is 3.28. The Hall–Kier alpha value is -2.70. The van der Waals surface area contributed by atoms with Crippen LogP contribution in [0.4, 0.5) is 5.69 Å². The Balaban J connectivity index is 1.50. The lowest BCUT2D eigenvalue weighted by Crippen LogP contribution is -2.34. The van der Waals surface area contributed by atoms with Crippen molar-refractivity contribution in [2.75, 3.05) is 24.5 Å². The van der Waals surface area contributed by atoms with Gasteiger partial charge in [0.2, 0.25) is 11.7 Å². The van der Waals surface area contributed by atoms with Gasteiger partial charge in [-0.2, -0.15) is 0 Å². The molecule has 3 heterocycles. The van der Waals surface area contributed by atoms with Gasteiger partial charge in [-0.05, 0) is 25.5 Å². The highest BCUT2D eigenvalue weighted by Gasteiger charge is 2.49. The summed E-state index contributed by atoms with van der Waals surface area (Å²) in [5.41, 5.74) is 1.95. The van der Waals surface area contributed by atoms with Gasteiger partial charge in [0, 0.05) is 44.2 Å². The molecular formula is C18H21N5O2. The smallest absolute Gasteiger partial charge is 0.293 e. The van der Waals surface area contributed by atoms with Crippen LogP contribution in [0.1, 0.15) is 29.0 Å². The standard InChI is InChI=1S/C18H21N5O2/c1-13-3-5-14(6-4-13)23-11-18(9-15(23)24)7-8-22(10-18)17(25)16-19-12-21(2)20-16/h3-6,12H,7-11H2,1-2H3. The van der Waals surface area contributed by atoms with Gasteiger partial charge >= 0.3 is 0 Å². The molecule has 1 spiro atoms. The maximum atomic E-state index is 12.6. The molecule has 7 heteroatoms. The fourth-order valence-electron chi connectivity index (χ4n) is 3.82. The topological polar surface area (TPSA) is 71.3 Å². The lowest BCUT2D eigenvalue weighted by atomic mass is 9.86. The molecule has 2 saturated heterocycles. The molecule has 4 rings (SSSR count). The molecule has 2 aliphatic rings. The highest BCUT2D eigenvalue weighted by atomic mass is 16.2. The van der Waals surface area contributed by atoms with Crippen molar-refractivity contribution in [3.63, 3.8) is 0 Å². The predicted octanol–water partition coefficient (Wildman–Crippen LogP) is 1.39. The van der Waals surface area contributed by atoms with Gasteiger partial charge in [0.25, 0.3) is 5.91 Å². The maximum absolute atomic E-state index is 12.6. The van der Waals surface area contributed by atoms with E-state index >= 15 is 0 Å². The van der Waals surface area contributed by atoms with Crippen LogP contribution >= 0.6 is 0 Å². The molecule has 1 aromatic carbocycles. The summed E-state index contributed by atoms with van der Waals surface area (Å²) in [6.07, 6.45) is 2.84. The first-order valence-electron chi connectivity index (χ1n) is 8.48. The van der Waals surface area contributed by atoms with Crippen molar-refractivity contribution >= 4 is 17.5 Å². The minimum atomic E-state index is -0.160. The molecule has 0 saturated carbocycles. The number of nitrogens with zero attached hydrogens (tertiary/aromatic N) is 5. The minimum absolute atomic E-state index is 0.133. The van der Waals surface area contributed by atoms with Crippen LogP contribution in [0.5, 0.6) is 0 Å². The molecule has 0 radical (unpaired) electrons. The normalized spacial score (nSPS) is 23.0. The fraction of sp³-hybridized carbons (Fsp3) is 0.444. The van der Waals surface area contributed by atoms with E-state index in [2.05, 4.69) is 10.1 Å². The predicted molar refractivity (Wildman–Crippen MR) is 92.1 cm³/mol. The Morgan fingerprint density at radius 2 is 1.96 bits per heavy atom. The lowest BCUT2D eigenvalue weighted by Gasteiger charge is -2.24. The molecule has 0 bridgehead atoms. The highest BCUT2D eigenvalue weighted by molar-refractivity contribution is 5.97. The highest BCUT2D eigenvalue weighted by Crippen LogP contribution is 2.42. The fourth-order valence-corrected chi connectivity index (χ4v) is 3.82. The Morgan fingerprint density at radius 1 is 1.20 bits per heavy atom. The summed E-state index contributed by atoms with van der Waals surface area (Å²) < 4.78 is 1.53. The SMILES string of the molecule is Cc1ccc(N2CC3(CCN(C(=O)c4ncn(C)n4)C3)CC2=O)cc1. The Kier molecular flexibility index (Phi) is 3.59. The van der Waals surface area contributed by atoms with Crippen molar-refractivity contribution in [2.45, 2.75) is 19.8 Å². The van der Waals surface area contributed by atoms with Gasteiger partial charge in [-0.1, -0.05) is 17.7 Å². The zero-order valence-corrected chi connectivity index (χ0v) is 14.5. The van der Waals surface area contributed by atoms with Crippen LogP contribution in [0.15, 0.2) is 30.6 Å². The molecule has 25 heavy (non-hydrogen) atoms.